The molecule has 0 aliphatic heterocycles. The van der Waals surface area contributed by atoms with Gasteiger partial charge in [-0.25, -0.2) is 4.98 Å². The van der Waals surface area contributed by atoms with E-state index in [0.29, 0.717) is 0 Å². The van der Waals surface area contributed by atoms with Crippen LogP contribution in [0, 0.1) is 0 Å². The third-order valence-electron chi connectivity index (χ3n) is 9.50. The minimum atomic E-state index is 0.837. The van der Waals surface area contributed by atoms with Gasteiger partial charge >= 0.3 is 0 Å². The Balaban J connectivity index is 1.41. The van der Waals surface area contributed by atoms with Gasteiger partial charge in [-0.1, -0.05) is 110 Å². The minimum absolute atomic E-state index is 0.837. The highest BCUT2D eigenvalue weighted by Crippen LogP contribution is 2.40. The van der Waals surface area contributed by atoms with E-state index in [1.165, 1.54) is 32.5 Å². The molecule has 8 aromatic rings. The van der Waals surface area contributed by atoms with Gasteiger partial charge in [-0.2, -0.15) is 0 Å². The molecule has 48 heavy (non-hydrogen) atoms. The molecule has 0 saturated carbocycles. The van der Waals surface area contributed by atoms with Crippen LogP contribution < -0.4 is 0 Å². The predicted octanol–water partition coefficient (Wildman–Crippen LogP) is 10.7. The maximum atomic E-state index is 5.48. The zero-order valence-corrected chi connectivity index (χ0v) is 26.7. The molecule has 4 aromatic heterocycles. The first kappa shape index (κ1) is 28.1. The molecule has 4 heterocycles. The Morgan fingerprint density at radius 3 is 1.98 bits per heavy atom. The normalized spacial score (nSPS) is 15.1. The maximum absolute atomic E-state index is 5.48. The number of nitrogens with zero attached hydrogens (tertiary/aromatic N) is 5. The van der Waals surface area contributed by atoms with E-state index in [9.17, 15) is 0 Å². The minimum Gasteiger partial charge on any atom is -0.294 e. The highest BCUT2D eigenvalue weighted by Gasteiger charge is 2.23. The van der Waals surface area contributed by atoms with Crippen molar-refractivity contribution >= 4 is 72.5 Å². The molecule has 5 nitrogen and oxygen atoms in total. The molecule has 0 saturated heterocycles. The summed E-state index contributed by atoms with van der Waals surface area (Å²) in [6.07, 6.45) is 16.9. The largest absolute Gasteiger partial charge is 0.294 e. The van der Waals surface area contributed by atoms with Crippen LogP contribution in [0.2, 0.25) is 0 Å². The van der Waals surface area contributed by atoms with E-state index in [1.54, 1.807) is 6.08 Å². The van der Waals surface area contributed by atoms with E-state index >= 15 is 0 Å². The average molecular weight is 620 g/mol. The summed E-state index contributed by atoms with van der Waals surface area (Å²) in [5.74, 6) is 2.58. The monoisotopic (exact) mass is 619 g/mol. The number of rotatable bonds is 4. The Labute approximate surface area is 278 Å². The molecule has 4 aromatic carbocycles. The first-order valence-electron chi connectivity index (χ1n) is 16.4. The van der Waals surface area contributed by atoms with Crippen molar-refractivity contribution in [3.05, 3.63) is 151 Å². The quantitative estimate of drug-likeness (QED) is 0.110. The van der Waals surface area contributed by atoms with Crippen molar-refractivity contribution < 1.29 is 0 Å². The summed E-state index contributed by atoms with van der Waals surface area (Å²) in [6, 6.07) is 36.7. The van der Waals surface area contributed by atoms with Crippen LogP contribution in [0.5, 0.6) is 0 Å². The van der Waals surface area contributed by atoms with Crippen molar-refractivity contribution in [1.82, 2.24) is 18.7 Å². The predicted molar refractivity (Wildman–Crippen MR) is 204 cm³/mol. The number of aromatic nitrogens is 4. The Hall–Kier alpha value is -6.20. The van der Waals surface area contributed by atoms with Crippen LogP contribution in [0.3, 0.4) is 0 Å². The lowest BCUT2D eigenvalue weighted by molar-refractivity contribution is 0.982. The van der Waals surface area contributed by atoms with Crippen molar-refractivity contribution in [2.24, 2.45) is 4.99 Å². The van der Waals surface area contributed by atoms with Crippen LogP contribution in [-0.2, 0) is 0 Å². The molecule has 9 rings (SSSR count). The number of allylic oxidation sites excluding steroid dienone is 5. The fraction of sp³-hybridized carbons (Fsp3) is 0.0698. The molecule has 1 aliphatic carbocycles. The number of pyridine rings is 1. The van der Waals surface area contributed by atoms with E-state index in [1.807, 2.05) is 19.2 Å². The van der Waals surface area contributed by atoms with Crippen LogP contribution in [0.15, 0.2) is 145 Å². The van der Waals surface area contributed by atoms with Gasteiger partial charge in [0, 0.05) is 39.5 Å². The lowest BCUT2D eigenvalue weighted by atomic mass is 10.1. The molecule has 230 valence electrons. The Kier molecular flexibility index (Phi) is 6.57. The first-order valence-corrected chi connectivity index (χ1v) is 16.4. The van der Waals surface area contributed by atoms with Gasteiger partial charge in [0.25, 0.3) is 0 Å². The molecule has 0 radical (unpaired) electrons. The van der Waals surface area contributed by atoms with Gasteiger partial charge in [0.2, 0.25) is 0 Å². The van der Waals surface area contributed by atoms with Crippen molar-refractivity contribution in [3.63, 3.8) is 0 Å². The smallest absolute Gasteiger partial charge is 0.140 e. The van der Waals surface area contributed by atoms with Gasteiger partial charge in [-0.15, -0.1) is 0 Å². The van der Waals surface area contributed by atoms with Gasteiger partial charge < -0.3 is 0 Å². The number of fused-ring (bicyclic) bond motifs is 10. The number of hydrogen-bond acceptors (Lipinski definition) is 2. The first-order chi connectivity index (χ1) is 23.8. The number of para-hydroxylation sites is 3. The summed E-state index contributed by atoms with van der Waals surface area (Å²) in [5, 5.41) is 5.92. The molecule has 0 spiro atoms. The fourth-order valence-electron chi connectivity index (χ4n) is 7.50. The van der Waals surface area contributed by atoms with Crippen LogP contribution >= 0.6 is 0 Å². The molecule has 5 heteroatoms. The molecule has 0 N–H and O–H groups in total. The highest BCUT2D eigenvalue weighted by molar-refractivity contribution is 6.26. The fourth-order valence-corrected chi connectivity index (χ4v) is 7.50. The third-order valence-corrected chi connectivity index (χ3v) is 9.50. The number of aliphatic imine (C=N–C) groups is 1. The summed E-state index contributed by atoms with van der Waals surface area (Å²) in [6.45, 7) is 3.92. The van der Waals surface area contributed by atoms with Gasteiger partial charge in [-0.05, 0) is 55.3 Å². The third kappa shape index (κ3) is 4.11. The second-order valence-electron chi connectivity index (χ2n) is 12.1. The van der Waals surface area contributed by atoms with Gasteiger partial charge in [0.1, 0.15) is 17.5 Å². The van der Waals surface area contributed by atoms with Gasteiger partial charge in [-0.3, -0.25) is 18.7 Å². The van der Waals surface area contributed by atoms with E-state index < -0.39 is 0 Å². The van der Waals surface area contributed by atoms with E-state index in [-0.39, 0.29) is 0 Å². The summed E-state index contributed by atoms with van der Waals surface area (Å²) in [4.78, 5) is 10.2. The molecule has 0 fully saturated rings. The Morgan fingerprint density at radius 2 is 1.25 bits per heavy atom. The Bertz CT molecular complexity index is 2700. The summed E-state index contributed by atoms with van der Waals surface area (Å²) >= 11 is 0. The second kappa shape index (κ2) is 11.2. The van der Waals surface area contributed by atoms with E-state index in [0.717, 1.165) is 63.6 Å². The van der Waals surface area contributed by atoms with E-state index in [4.69, 9.17) is 9.98 Å². The molecular weight excluding hydrogens is 587 g/mol. The summed E-state index contributed by atoms with van der Waals surface area (Å²) in [7, 11) is 1.85. The van der Waals surface area contributed by atoms with Crippen LogP contribution in [0.25, 0.3) is 78.3 Å². The zero-order valence-electron chi connectivity index (χ0n) is 26.7. The van der Waals surface area contributed by atoms with Gasteiger partial charge in [0.05, 0.1) is 33.3 Å². The molecular formula is C43H33N5. The second-order valence-corrected chi connectivity index (χ2v) is 12.1. The SMILES string of the molecule is C=C/C=C\C(=N/C)n1c2ccccc2c2ccc3c4ccccc4n(-c4cccc(-n5c6c(c7ccccc75)/C=C\CC/C=C\6)n4)c3c21. The van der Waals surface area contributed by atoms with Crippen molar-refractivity contribution in [1.29, 1.82) is 0 Å². The van der Waals surface area contributed by atoms with Crippen LogP contribution in [0.1, 0.15) is 24.1 Å². The molecule has 0 atom stereocenters. The van der Waals surface area contributed by atoms with Crippen molar-refractivity contribution in [2.45, 2.75) is 12.8 Å². The number of benzene rings is 4. The van der Waals surface area contributed by atoms with Crippen LogP contribution in [0.4, 0.5) is 0 Å². The maximum Gasteiger partial charge on any atom is 0.140 e. The Morgan fingerprint density at radius 1 is 0.646 bits per heavy atom. The molecule has 1 aliphatic rings. The lowest BCUT2D eigenvalue weighted by Crippen LogP contribution is -2.10. The molecule has 0 unspecified atom stereocenters. The van der Waals surface area contributed by atoms with E-state index in [2.05, 4.69) is 148 Å². The highest BCUT2D eigenvalue weighted by atomic mass is 15.2. The number of hydrogen-bond donors (Lipinski definition) is 0. The van der Waals surface area contributed by atoms with Crippen molar-refractivity contribution in [2.75, 3.05) is 7.05 Å². The summed E-state index contributed by atoms with van der Waals surface area (Å²) in [5.41, 5.74) is 7.92. The van der Waals surface area contributed by atoms with Crippen molar-refractivity contribution in [3.8, 4) is 11.6 Å². The summed E-state index contributed by atoms with van der Waals surface area (Å²) < 4.78 is 6.93. The zero-order chi connectivity index (χ0) is 32.2. The average Bonchev–Trinajstić information content (AvgIpc) is 3.74. The van der Waals surface area contributed by atoms with Gasteiger partial charge in [0.15, 0.2) is 0 Å². The van der Waals surface area contributed by atoms with Crippen LogP contribution in [-0.4, -0.2) is 31.6 Å². The molecule has 0 bridgehead atoms. The topological polar surface area (TPSA) is 40.0 Å². The standard InChI is InChI=1S/C43H33N5/c1-3-4-24-39(44-2)47-37-22-13-10-18-31(37)33-27-28-34-32-19-11-14-23-38(32)48(43(34)42(33)47)41-26-15-25-40(45-41)46-35-20-8-6-5-7-16-29(35)30-17-9-12-21-36(30)46/h3-4,7-28H,1,5-6H2,2H3/b16-7-,20-8-,24-4-,44-39+. The molecule has 0 amide bonds. The lowest BCUT2D eigenvalue weighted by Gasteiger charge is -2.14.